The van der Waals surface area contributed by atoms with E-state index in [9.17, 15) is 0 Å². The molecule has 0 spiro atoms. The standard InChI is InChI=1S/C21H25.C15H14.C7H9.2ClH.Zr/c1-20(2,3)16-9-7-14-11-15-8-10-17(21(4,5)6)13-19(15)18(14)12-16;1-12-3-7-14(8-4-12)11-15-9-5-13(2)6-10-15;1-6-3-4-7(2)5-6;;;/h7,9-10,12-13H,11H2,1-6H3;3-10H,1-2H3;3,5,7H,1-2H3;2*1H;/q;;;;;+2/p-2. The van der Waals surface area contributed by atoms with Gasteiger partial charge in [-0.25, -0.2) is 0 Å². The third-order valence-corrected chi connectivity index (χ3v) is 17.6. The molecule has 6 rings (SSSR count). The largest absolute Gasteiger partial charge is 1.00 e. The molecule has 1 atom stereocenters. The average Bonchev–Trinajstić information content (AvgIpc) is 3.49. The smallest absolute Gasteiger partial charge is 1.00 e. The van der Waals surface area contributed by atoms with Crippen LogP contribution in [0.3, 0.4) is 0 Å². The summed E-state index contributed by atoms with van der Waals surface area (Å²) in [4.78, 5) is 0. The van der Waals surface area contributed by atoms with Crippen molar-refractivity contribution < 1.29 is 46.1 Å². The van der Waals surface area contributed by atoms with Gasteiger partial charge in [-0.1, -0.05) is 0 Å². The average molecular weight is 727 g/mol. The first-order valence-corrected chi connectivity index (χ1v) is 20.0. The molecular formula is C43H48Cl2Zr. The van der Waals surface area contributed by atoms with E-state index in [0.29, 0.717) is 5.92 Å². The Labute approximate surface area is 298 Å². The van der Waals surface area contributed by atoms with Crippen molar-refractivity contribution in [3.63, 3.8) is 0 Å². The molecule has 0 fully saturated rings. The second-order valence-electron chi connectivity index (χ2n) is 15.4. The SMILES string of the molecule is CC1=CC(C)[C]([Zr+2](=[C](c2ccc(C)cc2)c2ccc(C)cc2)[c]2cc(C(C)(C)C)cc3c2Cc2ccc(C(C)(C)C)cc2-3)=C1.[Cl-].[Cl-]. The van der Waals surface area contributed by atoms with E-state index < -0.39 is 21.3 Å². The first kappa shape index (κ1) is 36.5. The predicted molar refractivity (Wildman–Crippen MR) is 188 cm³/mol. The van der Waals surface area contributed by atoms with Crippen LogP contribution in [0.4, 0.5) is 0 Å². The van der Waals surface area contributed by atoms with Gasteiger partial charge in [-0.2, -0.15) is 0 Å². The molecule has 0 aromatic heterocycles. The molecule has 0 aliphatic heterocycles. The van der Waals surface area contributed by atoms with E-state index in [4.69, 9.17) is 0 Å². The Hall–Kier alpha value is -2.31. The summed E-state index contributed by atoms with van der Waals surface area (Å²) < 4.78 is 4.97. The van der Waals surface area contributed by atoms with Gasteiger partial charge >= 0.3 is 276 Å². The van der Waals surface area contributed by atoms with Gasteiger partial charge < -0.3 is 24.8 Å². The van der Waals surface area contributed by atoms with E-state index in [1.807, 2.05) is 0 Å². The number of halogens is 2. The minimum absolute atomic E-state index is 0. The Morgan fingerprint density at radius 2 is 1.17 bits per heavy atom. The molecule has 0 saturated carbocycles. The minimum Gasteiger partial charge on any atom is -1.00 e. The molecule has 4 aromatic carbocycles. The summed E-state index contributed by atoms with van der Waals surface area (Å²) in [5, 5.41) is 0. The Kier molecular flexibility index (Phi) is 10.9. The second-order valence-corrected chi connectivity index (χ2v) is 21.2. The van der Waals surface area contributed by atoms with E-state index >= 15 is 0 Å². The summed E-state index contributed by atoms with van der Waals surface area (Å²) in [5.74, 6) is 0.459. The van der Waals surface area contributed by atoms with Crippen LogP contribution in [-0.2, 0) is 38.5 Å². The Balaban J connectivity index is 0.00000240. The van der Waals surface area contributed by atoms with Gasteiger partial charge in [0.2, 0.25) is 0 Å². The normalized spacial score (nSPS) is 15.0. The van der Waals surface area contributed by atoms with Gasteiger partial charge in [0, 0.05) is 0 Å². The molecule has 0 nitrogen and oxygen atoms in total. The van der Waals surface area contributed by atoms with E-state index in [0.717, 1.165) is 6.42 Å². The van der Waals surface area contributed by atoms with Crippen LogP contribution >= 0.6 is 0 Å². The molecule has 46 heavy (non-hydrogen) atoms. The summed E-state index contributed by atoms with van der Waals surface area (Å²) in [5.41, 5.74) is 15.9. The molecular weight excluding hydrogens is 679 g/mol. The third-order valence-electron chi connectivity index (χ3n) is 9.62. The molecule has 0 amide bonds. The Bertz CT molecular complexity index is 1810. The number of fused-ring (bicyclic) bond motifs is 3. The number of aryl methyl sites for hydroxylation is 2. The molecule has 0 bridgehead atoms. The zero-order chi connectivity index (χ0) is 31.6. The number of benzene rings is 4. The number of rotatable bonds is 4. The van der Waals surface area contributed by atoms with E-state index in [-0.39, 0.29) is 35.6 Å². The van der Waals surface area contributed by atoms with Crippen LogP contribution in [-0.4, -0.2) is 3.21 Å². The fourth-order valence-corrected chi connectivity index (χ4v) is 15.6. The maximum atomic E-state index is 2.66. The fraction of sp³-hybridized carbons (Fsp3) is 0.326. The molecule has 2 aliphatic carbocycles. The maximum absolute atomic E-state index is 2.80. The molecule has 1 unspecified atom stereocenters. The van der Waals surface area contributed by atoms with Crippen LogP contribution in [0.25, 0.3) is 11.1 Å². The van der Waals surface area contributed by atoms with Crippen molar-refractivity contribution in [3.05, 3.63) is 144 Å². The van der Waals surface area contributed by atoms with Crippen molar-refractivity contribution in [2.75, 3.05) is 0 Å². The van der Waals surface area contributed by atoms with Crippen LogP contribution < -0.4 is 28.1 Å². The second kappa shape index (κ2) is 13.7. The van der Waals surface area contributed by atoms with Crippen molar-refractivity contribution in [1.29, 1.82) is 0 Å². The van der Waals surface area contributed by atoms with Crippen molar-refractivity contribution >= 4 is 6.48 Å². The zero-order valence-electron chi connectivity index (χ0n) is 29.2. The monoisotopic (exact) mass is 724 g/mol. The third kappa shape index (κ3) is 7.09. The first-order valence-electron chi connectivity index (χ1n) is 16.3. The van der Waals surface area contributed by atoms with Gasteiger partial charge in [-0.3, -0.25) is 0 Å². The van der Waals surface area contributed by atoms with Gasteiger partial charge in [0.15, 0.2) is 0 Å². The summed E-state index contributed by atoms with van der Waals surface area (Å²) in [6, 6.07) is 31.3. The topological polar surface area (TPSA) is 0 Å². The summed E-state index contributed by atoms with van der Waals surface area (Å²) in [7, 11) is 0. The molecule has 0 radical (unpaired) electrons. The predicted octanol–water partition coefficient (Wildman–Crippen LogP) is 4.47. The number of hydrogen-bond donors (Lipinski definition) is 0. The zero-order valence-corrected chi connectivity index (χ0v) is 33.2. The molecule has 0 saturated heterocycles. The van der Waals surface area contributed by atoms with Crippen molar-refractivity contribution in [3.8, 4) is 11.1 Å². The van der Waals surface area contributed by atoms with E-state index in [1.165, 1.54) is 55.6 Å². The van der Waals surface area contributed by atoms with Crippen LogP contribution in [0.2, 0.25) is 0 Å². The van der Waals surface area contributed by atoms with Gasteiger partial charge in [-0.05, 0) is 0 Å². The van der Waals surface area contributed by atoms with Crippen LogP contribution in [0, 0.1) is 19.8 Å². The number of allylic oxidation sites excluding steroid dienone is 4. The van der Waals surface area contributed by atoms with Crippen molar-refractivity contribution in [2.24, 2.45) is 5.92 Å². The van der Waals surface area contributed by atoms with Gasteiger partial charge in [-0.15, -0.1) is 0 Å². The van der Waals surface area contributed by atoms with E-state index in [2.05, 4.69) is 160 Å². The Morgan fingerprint density at radius 3 is 1.65 bits per heavy atom. The van der Waals surface area contributed by atoms with Crippen LogP contribution in [0.15, 0.2) is 99.9 Å². The Morgan fingerprint density at radius 1 is 0.652 bits per heavy atom. The minimum atomic E-state index is -2.80. The summed E-state index contributed by atoms with van der Waals surface area (Å²) in [6.45, 7) is 23.3. The molecule has 0 N–H and O–H groups in total. The summed E-state index contributed by atoms with van der Waals surface area (Å²) in [6.07, 6.45) is 6.09. The molecule has 3 heteroatoms. The molecule has 2 aliphatic rings. The first-order chi connectivity index (χ1) is 20.7. The molecule has 238 valence electrons. The molecule has 4 aromatic rings. The van der Waals surface area contributed by atoms with Crippen molar-refractivity contribution in [2.45, 2.75) is 86.5 Å². The quantitative estimate of drug-likeness (QED) is 0.257. The van der Waals surface area contributed by atoms with Gasteiger partial charge in [0.25, 0.3) is 0 Å². The summed E-state index contributed by atoms with van der Waals surface area (Å²) >= 11 is -2.80. The van der Waals surface area contributed by atoms with Crippen LogP contribution in [0.5, 0.6) is 0 Å². The van der Waals surface area contributed by atoms with Crippen LogP contribution in [0.1, 0.15) is 99.9 Å². The van der Waals surface area contributed by atoms with E-state index in [1.54, 1.807) is 15.3 Å². The number of hydrogen-bond acceptors (Lipinski definition) is 0. The maximum Gasteiger partial charge on any atom is -1.00 e. The van der Waals surface area contributed by atoms with Gasteiger partial charge in [0.1, 0.15) is 0 Å². The van der Waals surface area contributed by atoms with Crippen molar-refractivity contribution in [1.82, 2.24) is 0 Å². The fourth-order valence-electron chi connectivity index (χ4n) is 6.94. The molecule has 0 heterocycles. The van der Waals surface area contributed by atoms with Gasteiger partial charge in [0.05, 0.1) is 0 Å².